The van der Waals surface area contributed by atoms with E-state index >= 15 is 0 Å². The van der Waals surface area contributed by atoms with Crippen molar-refractivity contribution in [1.29, 1.82) is 0 Å². The van der Waals surface area contributed by atoms with Crippen molar-refractivity contribution in [3.05, 3.63) is 12.2 Å². The first-order chi connectivity index (χ1) is 4.55. The van der Waals surface area contributed by atoms with Crippen molar-refractivity contribution in [2.45, 2.75) is 27.2 Å². The quantitative estimate of drug-likeness (QED) is 0.449. The molecule has 0 N–H and O–H groups in total. The summed E-state index contributed by atoms with van der Waals surface area (Å²) in [6.07, 6.45) is 1.30. The van der Waals surface area contributed by atoms with Gasteiger partial charge in [-0.3, -0.25) is 0 Å². The molecule has 0 amide bonds. The second-order valence-electron chi connectivity index (χ2n) is 4.60. The average molecular weight is 136 g/mol. The third-order valence-electron chi connectivity index (χ3n) is 3.80. The van der Waals surface area contributed by atoms with Gasteiger partial charge in [-0.05, 0) is 29.6 Å². The maximum absolute atomic E-state index is 4.08. The molecule has 0 radical (unpaired) electrons. The van der Waals surface area contributed by atoms with Crippen molar-refractivity contribution in [2.75, 3.05) is 0 Å². The third-order valence-corrected chi connectivity index (χ3v) is 3.80. The van der Waals surface area contributed by atoms with Crippen molar-refractivity contribution in [1.82, 2.24) is 0 Å². The highest BCUT2D eigenvalue weighted by Crippen LogP contribution is 2.70. The van der Waals surface area contributed by atoms with Gasteiger partial charge in [0.2, 0.25) is 0 Å². The fourth-order valence-corrected chi connectivity index (χ4v) is 2.89. The Kier molecular flexibility index (Phi) is 0.962. The summed E-state index contributed by atoms with van der Waals surface area (Å²) in [6, 6.07) is 0. The first kappa shape index (κ1) is 6.45. The van der Waals surface area contributed by atoms with Gasteiger partial charge in [0.05, 0.1) is 0 Å². The Balaban J connectivity index is 2.21. The normalized spacial score (nSPS) is 49.1. The van der Waals surface area contributed by atoms with E-state index in [1.807, 2.05) is 0 Å². The van der Waals surface area contributed by atoms with Gasteiger partial charge < -0.3 is 0 Å². The summed E-state index contributed by atoms with van der Waals surface area (Å²) < 4.78 is 0. The summed E-state index contributed by atoms with van der Waals surface area (Å²) in [4.78, 5) is 0. The molecule has 0 bridgehead atoms. The van der Waals surface area contributed by atoms with E-state index in [-0.39, 0.29) is 0 Å². The van der Waals surface area contributed by atoms with Crippen LogP contribution in [0.1, 0.15) is 27.2 Å². The largest absolute Gasteiger partial charge is 0.0996 e. The minimum atomic E-state index is 0.653. The molecule has 0 aliphatic heterocycles. The van der Waals surface area contributed by atoms with Crippen molar-refractivity contribution in [3.8, 4) is 0 Å². The Morgan fingerprint density at radius 1 is 1.50 bits per heavy atom. The molecule has 0 nitrogen and oxygen atoms in total. The number of fused-ring (bicyclic) bond motifs is 1. The van der Waals surface area contributed by atoms with Crippen LogP contribution in [0.4, 0.5) is 0 Å². The Hall–Kier alpha value is -0.260. The topological polar surface area (TPSA) is 0 Å². The van der Waals surface area contributed by atoms with E-state index in [1.165, 1.54) is 12.0 Å². The van der Waals surface area contributed by atoms with E-state index in [4.69, 9.17) is 0 Å². The molecule has 0 aromatic heterocycles. The maximum Gasteiger partial charge on any atom is -0.0198 e. The predicted octanol–water partition coefficient (Wildman–Crippen LogP) is 2.85. The van der Waals surface area contributed by atoms with Crippen LogP contribution in [-0.4, -0.2) is 0 Å². The zero-order chi connectivity index (χ0) is 7.52. The van der Waals surface area contributed by atoms with Crippen LogP contribution in [-0.2, 0) is 0 Å². The second kappa shape index (κ2) is 1.49. The van der Waals surface area contributed by atoms with Crippen LogP contribution in [0.3, 0.4) is 0 Å². The summed E-state index contributed by atoms with van der Waals surface area (Å²) in [5, 5.41) is 0. The van der Waals surface area contributed by atoms with E-state index in [0.29, 0.717) is 5.41 Å². The van der Waals surface area contributed by atoms with Crippen LogP contribution in [0.25, 0.3) is 0 Å². The van der Waals surface area contributed by atoms with Crippen molar-refractivity contribution in [3.63, 3.8) is 0 Å². The molecule has 2 saturated carbocycles. The average Bonchev–Trinajstić information content (AvgIpc) is 2.12. The second-order valence-corrected chi connectivity index (χ2v) is 4.60. The summed E-state index contributed by atoms with van der Waals surface area (Å²) in [5.41, 5.74) is 2.15. The van der Waals surface area contributed by atoms with Gasteiger partial charge in [0.15, 0.2) is 0 Å². The summed E-state index contributed by atoms with van der Waals surface area (Å²) in [5.74, 6) is 2.76. The first-order valence-corrected chi connectivity index (χ1v) is 4.23. The van der Waals surface area contributed by atoms with E-state index in [2.05, 4.69) is 27.4 Å². The molecular weight excluding hydrogens is 120 g/mol. The van der Waals surface area contributed by atoms with E-state index in [0.717, 1.165) is 17.8 Å². The van der Waals surface area contributed by atoms with Crippen LogP contribution in [0.5, 0.6) is 0 Å². The fraction of sp³-hybridized carbons (Fsp3) is 0.800. The lowest BCUT2D eigenvalue weighted by atomic mass is 9.91. The minimum Gasteiger partial charge on any atom is -0.0996 e. The Morgan fingerprint density at radius 3 is 2.40 bits per heavy atom. The molecule has 0 heterocycles. The molecule has 56 valence electrons. The molecular formula is C10H16. The highest BCUT2D eigenvalue weighted by atomic mass is 14.7. The molecule has 10 heavy (non-hydrogen) atoms. The number of hydrogen-bond acceptors (Lipinski definition) is 0. The third kappa shape index (κ3) is 0.531. The van der Waals surface area contributed by atoms with Gasteiger partial charge in [-0.1, -0.05) is 32.9 Å². The molecule has 2 aliphatic rings. The Labute approximate surface area is 63.3 Å². The zero-order valence-corrected chi connectivity index (χ0v) is 7.15. The van der Waals surface area contributed by atoms with Crippen LogP contribution >= 0.6 is 0 Å². The first-order valence-electron chi connectivity index (χ1n) is 4.23. The van der Waals surface area contributed by atoms with Gasteiger partial charge in [-0.25, -0.2) is 0 Å². The SMILES string of the molecule is C=C1CC2C(C1C)C2(C)C. The highest BCUT2D eigenvalue weighted by molar-refractivity contribution is 5.24. The van der Waals surface area contributed by atoms with Crippen molar-refractivity contribution >= 4 is 0 Å². The summed E-state index contributed by atoms with van der Waals surface area (Å²) >= 11 is 0. The molecule has 0 aromatic carbocycles. The summed E-state index contributed by atoms with van der Waals surface area (Å²) in [7, 11) is 0. The van der Waals surface area contributed by atoms with Crippen LogP contribution in [0, 0.1) is 23.2 Å². The highest BCUT2D eigenvalue weighted by Gasteiger charge is 2.63. The lowest BCUT2D eigenvalue weighted by Crippen LogP contribution is -2.05. The predicted molar refractivity (Wildman–Crippen MR) is 43.7 cm³/mol. The number of allylic oxidation sites excluding steroid dienone is 1. The Bertz CT molecular complexity index is 188. The van der Waals surface area contributed by atoms with E-state index in [1.54, 1.807) is 0 Å². The van der Waals surface area contributed by atoms with Gasteiger partial charge in [-0.15, -0.1) is 0 Å². The number of hydrogen-bond donors (Lipinski definition) is 0. The van der Waals surface area contributed by atoms with E-state index in [9.17, 15) is 0 Å². The molecule has 3 atom stereocenters. The molecule has 2 aliphatic carbocycles. The maximum atomic E-state index is 4.08. The van der Waals surface area contributed by atoms with Gasteiger partial charge in [-0.2, -0.15) is 0 Å². The zero-order valence-electron chi connectivity index (χ0n) is 7.15. The monoisotopic (exact) mass is 136 g/mol. The Morgan fingerprint density at radius 2 is 2.10 bits per heavy atom. The molecule has 0 saturated heterocycles. The van der Waals surface area contributed by atoms with Gasteiger partial charge in [0.25, 0.3) is 0 Å². The molecule has 0 spiro atoms. The van der Waals surface area contributed by atoms with Crippen molar-refractivity contribution in [2.24, 2.45) is 23.2 Å². The van der Waals surface area contributed by atoms with Crippen LogP contribution in [0.2, 0.25) is 0 Å². The van der Waals surface area contributed by atoms with Gasteiger partial charge in [0.1, 0.15) is 0 Å². The van der Waals surface area contributed by atoms with Gasteiger partial charge in [0, 0.05) is 0 Å². The van der Waals surface area contributed by atoms with Crippen LogP contribution < -0.4 is 0 Å². The fourth-order valence-electron chi connectivity index (χ4n) is 2.89. The smallest absolute Gasteiger partial charge is 0.0198 e. The molecule has 3 unspecified atom stereocenters. The van der Waals surface area contributed by atoms with Gasteiger partial charge >= 0.3 is 0 Å². The lowest BCUT2D eigenvalue weighted by molar-refractivity contribution is 0.448. The van der Waals surface area contributed by atoms with Crippen molar-refractivity contribution < 1.29 is 0 Å². The van der Waals surface area contributed by atoms with Crippen LogP contribution in [0.15, 0.2) is 12.2 Å². The molecule has 0 aromatic rings. The molecule has 0 heteroatoms. The molecule has 2 fully saturated rings. The minimum absolute atomic E-state index is 0.653. The van der Waals surface area contributed by atoms with E-state index < -0.39 is 0 Å². The number of rotatable bonds is 0. The standard InChI is InChI=1S/C10H16/c1-6-5-8-9(7(6)2)10(8,3)4/h7-9H,1,5H2,2-4H3. The molecule has 2 rings (SSSR count). The summed E-state index contributed by atoms with van der Waals surface area (Å²) in [6.45, 7) is 11.2. The lowest BCUT2D eigenvalue weighted by Gasteiger charge is -2.14.